The zero-order chi connectivity index (χ0) is 37.2. The number of nitrogens with one attached hydrogen (secondary N) is 1. The molecule has 12 nitrogen and oxygen atoms in total. The lowest BCUT2D eigenvalue weighted by molar-refractivity contribution is -0.134. The van der Waals surface area contributed by atoms with Crippen molar-refractivity contribution in [2.45, 2.75) is 109 Å². The fourth-order valence-electron chi connectivity index (χ4n) is 8.09. The summed E-state index contributed by atoms with van der Waals surface area (Å²) in [5.41, 5.74) is 4.20. The smallest absolute Gasteiger partial charge is 0.407 e. The maximum Gasteiger partial charge on any atom is 0.407 e. The Kier molecular flexibility index (Phi) is 10.9. The summed E-state index contributed by atoms with van der Waals surface area (Å²) in [6, 6.07) is 11.4. The zero-order valence-corrected chi connectivity index (χ0v) is 31.6. The van der Waals surface area contributed by atoms with Crippen molar-refractivity contribution in [2.75, 3.05) is 33.3 Å². The molecule has 53 heavy (non-hydrogen) atoms. The molecule has 7 rings (SSSR count). The quantitative estimate of drug-likeness (QED) is 0.238. The van der Waals surface area contributed by atoms with Gasteiger partial charge in [0.1, 0.15) is 41.8 Å². The number of alkyl carbamates (subject to hydrolysis) is 1. The Hall–Kier alpha value is -4.61. The van der Waals surface area contributed by atoms with E-state index in [2.05, 4.69) is 43.4 Å². The number of aliphatic imine (C=N–C) groups is 2. The number of carbonyl (C=O) groups excluding carboxylic acids is 3. The molecule has 0 radical (unpaired) electrons. The molecule has 2 unspecified atom stereocenters. The van der Waals surface area contributed by atoms with E-state index in [0.717, 1.165) is 85.2 Å². The second kappa shape index (κ2) is 15.8. The molecule has 7 atom stereocenters. The molecule has 5 aliphatic rings. The van der Waals surface area contributed by atoms with Crippen LogP contribution in [-0.2, 0) is 30.2 Å². The van der Waals surface area contributed by atoms with Gasteiger partial charge in [-0.1, -0.05) is 58.7 Å². The van der Waals surface area contributed by atoms with Crippen molar-refractivity contribution < 1.29 is 33.3 Å². The lowest BCUT2D eigenvalue weighted by Gasteiger charge is -2.31. The largest absolute Gasteiger partial charge is 0.469 e. The van der Waals surface area contributed by atoms with Gasteiger partial charge in [0.25, 0.3) is 0 Å². The highest BCUT2D eigenvalue weighted by atomic mass is 16.5. The number of likely N-dealkylation sites (tertiary alicyclic amines) is 2. The van der Waals surface area contributed by atoms with Crippen LogP contribution in [0.25, 0.3) is 0 Å². The molecule has 2 aromatic carbocycles. The van der Waals surface area contributed by atoms with Crippen molar-refractivity contribution in [3.8, 4) is 11.5 Å². The third-order valence-corrected chi connectivity index (χ3v) is 11.7. The molecule has 0 aliphatic carbocycles. The first kappa shape index (κ1) is 36.7. The number of fused-ring (bicyclic) bond motifs is 2. The highest BCUT2D eigenvalue weighted by Gasteiger charge is 2.42. The number of rotatable bonds is 11. The van der Waals surface area contributed by atoms with E-state index in [1.807, 2.05) is 35.8 Å². The number of amides is 3. The number of carbonyl (C=O) groups is 3. The van der Waals surface area contributed by atoms with Gasteiger partial charge in [-0.05, 0) is 78.0 Å². The molecule has 0 saturated carbocycles. The molecule has 2 saturated heterocycles. The summed E-state index contributed by atoms with van der Waals surface area (Å²) >= 11 is 0. The second-order valence-electron chi connectivity index (χ2n) is 15.2. The molecule has 284 valence electrons. The van der Waals surface area contributed by atoms with Crippen LogP contribution >= 0.6 is 0 Å². The Labute approximate surface area is 312 Å². The van der Waals surface area contributed by atoms with Crippen LogP contribution in [0.1, 0.15) is 107 Å². The maximum absolute atomic E-state index is 13.7. The van der Waals surface area contributed by atoms with Crippen molar-refractivity contribution in [2.24, 2.45) is 21.8 Å². The molecular weight excluding hydrogens is 674 g/mol. The number of nitrogens with zero attached hydrogens (tertiary/aromatic N) is 4. The van der Waals surface area contributed by atoms with Gasteiger partial charge in [-0.3, -0.25) is 9.59 Å². The van der Waals surface area contributed by atoms with Gasteiger partial charge in [0.2, 0.25) is 23.6 Å². The number of benzene rings is 2. The molecule has 0 spiro atoms. The van der Waals surface area contributed by atoms with E-state index in [0.29, 0.717) is 43.8 Å². The first-order chi connectivity index (χ1) is 25.7. The van der Waals surface area contributed by atoms with Gasteiger partial charge in [-0.2, -0.15) is 0 Å². The summed E-state index contributed by atoms with van der Waals surface area (Å²) in [7, 11) is 1.30. The molecule has 2 aromatic rings. The molecular formula is C41H53N5O7. The summed E-state index contributed by atoms with van der Waals surface area (Å²) in [6.07, 6.45) is 5.38. The Morgan fingerprint density at radius 1 is 0.849 bits per heavy atom. The topological polar surface area (TPSA) is 131 Å². The molecule has 3 amide bonds. The van der Waals surface area contributed by atoms with Crippen LogP contribution in [0.3, 0.4) is 0 Å². The Morgan fingerprint density at radius 2 is 1.49 bits per heavy atom. The minimum atomic E-state index is -0.680. The standard InChI is InChI=1S/C41H53N5O7/c1-6-24(3)18-36(47)45-16-8-10-30(45)38-42-23-35(53-38)28-13-12-26-19-29-20-27(14-15-32(29)51-33(26)21-28)34-22-43-39(52-34)31-11-9-17-46(31)40(48)37(25(4)7-2)44-41(49)50-5/h12-15,20-21,24-25,30-31,34-35,37H,6-11,16-19,22-23H2,1-5H3,(H,44,49)/t24-,25-,30-,31-,34?,35?,37-/m0/s1. The summed E-state index contributed by atoms with van der Waals surface area (Å²) in [5.74, 6) is 3.26. The van der Waals surface area contributed by atoms with E-state index in [1.165, 1.54) is 7.11 Å². The first-order valence-corrected chi connectivity index (χ1v) is 19.5. The second-order valence-corrected chi connectivity index (χ2v) is 15.2. The normalized spacial score (nSPS) is 24.8. The summed E-state index contributed by atoms with van der Waals surface area (Å²) in [4.78, 5) is 52.2. The van der Waals surface area contributed by atoms with Gasteiger partial charge in [-0.25, -0.2) is 14.8 Å². The molecule has 12 heteroatoms. The minimum absolute atomic E-state index is 0.0559. The molecule has 2 fully saturated rings. The molecule has 1 N–H and O–H groups in total. The fourth-order valence-corrected chi connectivity index (χ4v) is 8.09. The Balaban J connectivity index is 0.968. The summed E-state index contributed by atoms with van der Waals surface area (Å²) in [5, 5.41) is 2.75. The number of hydrogen-bond acceptors (Lipinski definition) is 9. The van der Waals surface area contributed by atoms with Crippen LogP contribution in [0.15, 0.2) is 46.4 Å². The lowest BCUT2D eigenvalue weighted by Crippen LogP contribution is -2.54. The van der Waals surface area contributed by atoms with Gasteiger partial charge in [0, 0.05) is 25.9 Å². The van der Waals surface area contributed by atoms with E-state index in [4.69, 9.17) is 28.9 Å². The van der Waals surface area contributed by atoms with Crippen molar-refractivity contribution in [3.63, 3.8) is 0 Å². The highest BCUT2D eigenvalue weighted by molar-refractivity contribution is 5.93. The average molecular weight is 728 g/mol. The predicted molar refractivity (Wildman–Crippen MR) is 200 cm³/mol. The van der Waals surface area contributed by atoms with Gasteiger partial charge in [-0.15, -0.1) is 0 Å². The molecule has 5 aliphatic heterocycles. The van der Waals surface area contributed by atoms with Crippen LogP contribution < -0.4 is 10.1 Å². The van der Waals surface area contributed by atoms with Gasteiger partial charge in [0.05, 0.1) is 20.2 Å². The van der Waals surface area contributed by atoms with E-state index in [9.17, 15) is 14.4 Å². The number of ether oxygens (including phenoxy) is 4. The van der Waals surface area contributed by atoms with Crippen molar-refractivity contribution >= 4 is 29.7 Å². The zero-order valence-electron chi connectivity index (χ0n) is 31.6. The SMILES string of the molecule is CC[C@H](C)CC(=O)N1CCC[C@H]1C1=NCC(c2ccc3c(c2)Oc2ccc(C4CN=C([C@@H]5CCCN5C(=O)[C@@H](NC(=O)OC)[C@@H](C)CC)O4)cc2C3)O1. The van der Waals surface area contributed by atoms with Crippen LogP contribution in [0, 0.1) is 11.8 Å². The number of methoxy groups -OCH3 is 1. The third kappa shape index (κ3) is 7.59. The molecule has 5 heterocycles. The summed E-state index contributed by atoms with van der Waals surface area (Å²) in [6.45, 7) is 10.6. The minimum Gasteiger partial charge on any atom is -0.469 e. The van der Waals surface area contributed by atoms with Crippen LogP contribution in [0.2, 0.25) is 0 Å². The van der Waals surface area contributed by atoms with E-state index in [1.54, 1.807) is 0 Å². The van der Waals surface area contributed by atoms with Gasteiger partial charge < -0.3 is 34.1 Å². The van der Waals surface area contributed by atoms with E-state index in [-0.39, 0.29) is 42.0 Å². The molecule has 0 aromatic heterocycles. The maximum atomic E-state index is 13.7. The van der Waals surface area contributed by atoms with Crippen molar-refractivity contribution in [1.29, 1.82) is 0 Å². The predicted octanol–water partition coefficient (Wildman–Crippen LogP) is 6.51. The Morgan fingerprint density at radius 3 is 2.15 bits per heavy atom. The molecule has 0 bridgehead atoms. The van der Waals surface area contributed by atoms with Crippen LogP contribution in [0.5, 0.6) is 11.5 Å². The number of hydrogen-bond donors (Lipinski definition) is 1. The first-order valence-electron chi connectivity index (χ1n) is 19.5. The lowest BCUT2D eigenvalue weighted by atomic mass is 9.95. The summed E-state index contributed by atoms with van der Waals surface area (Å²) < 4.78 is 24.1. The fraction of sp³-hybridized carbons (Fsp3) is 0.585. The monoisotopic (exact) mass is 727 g/mol. The van der Waals surface area contributed by atoms with Crippen molar-refractivity contribution in [1.82, 2.24) is 15.1 Å². The Bertz CT molecular complexity index is 1780. The van der Waals surface area contributed by atoms with E-state index >= 15 is 0 Å². The third-order valence-electron chi connectivity index (χ3n) is 11.7. The highest BCUT2D eigenvalue weighted by Crippen LogP contribution is 2.41. The van der Waals surface area contributed by atoms with Crippen LogP contribution in [-0.4, -0.2) is 90.9 Å². The van der Waals surface area contributed by atoms with Gasteiger partial charge in [0.15, 0.2) is 0 Å². The van der Waals surface area contributed by atoms with Crippen molar-refractivity contribution in [3.05, 3.63) is 58.7 Å². The van der Waals surface area contributed by atoms with E-state index < -0.39 is 12.1 Å². The van der Waals surface area contributed by atoms with Crippen LogP contribution in [0.4, 0.5) is 4.79 Å². The average Bonchev–Trinajstić information content (AvgIpc) is 4.01. The van der Waals surface area contributed by atoms with Gasteiger partial charge >= 0.3 is 6.09 Å².